The first-order valence-corrected chi connectivity index (χ1v) is 11.3. The molecule has 5 nitrogen and oxygen atoms in total. The number of benzene rings is 2. The SMILES string of the molecule is CCCCC(CC(=O)O)n1c(=O)n(Cc2csc3cccc(C)c23)c2ccccc21. The van der Waals surface area contributed by atoms with Gasteiger partial charge in [-0.05, 0) is 48.1 Å². The van der Waals surface area contributed by atoms with Crippen molar-refractivity contribution in [3.8, 4) is 0 Å². The van der Waals surface area contributed by atoms with Crippen LogP contribution in [0.5, 0.6) is 0 Å². The summed E-state index contributed by atoms with van der Waals surface area (Å²) in [7, 11) is 0. The zero-order valence-corrected chi connectivity index (χ0v) is 18.1. The van der Waals surface area contributed by atoms with E-state index in [2.05, 4.69) is 37.4 Å². The van der Waals surface area contributed by atoms with Crippen LogP contribution >= 0.6 is 11.3 Å². The van der Waals surface area contributed by atoms with Crippen LogP contribution < -0.4 is 5.69 Å². The quantitative estimate of drug-likeness (QED) is 0.403. The van der Waals surface area contributed by atoms with Crippen molar-refractivity contribution in [1.29, 1.82) is 0 Å². The molecule has 4 aromatic rings. The molecule has 0 amide bonds. The van der Waals surface area contributed by atoms with Gasteiger partial charge >= 0.3 is 11.7 Å². The number of carbonyl (C=O) groups is 1. The monoisotopic (exact) mass is 422 g/mol. The van der Waals surface area contributed by atoms with Gasteiger partial charge in [-0.15, -0.1) is 11.3 Å². The van der Waals surface area contributed by atoms with Crippen LogP contribution in [0.15, 0.2) is 52.6 Å². The van der Waals surface area contributed by atoms with Crippen LogP contribution in [0.4, 0.5) is 0 Å². The molecule has 4 rings (SSSR count). The molecule has 1 N–H and O–H groups in total. The Hall–Kier alpha value is -2.86. The topological polar surface area (TPSA) is 64.2 Å². The summed E-state index contributed by atoms with van der Waals surface area (Å²) < 4.78 is 4.72. The van der Waals surface area contributed by atoms with Crippen molar-refractivity contribution >= 4 is 38.4 Å². The van der Waals surface area contributed by atoms with E-state index in [1.807, 2.05) is 24.3 Å². The van der Waals surface area contributed by atoms with Crippen LogP contribution in [0, 0.1) is 6.92 Å². The summed E-state index contributed by atoms with van der Waals surface area (Å²) in [4.78, 5) is 25.1. The number of thiophene rings is 1. The van der Waals surface area contributed by atoms with Crippen molar-refractivity contribution in [1.82, 2.24) is 9.13 Å². The highest BCUT2D eigenvalue weighted by Crippen LogP contribution is 2.30. The van der Waals surface area contributed by atoms with Crippen molar-refractivity contribution in [3.05, 3.63) is 69.5 Å². The second-order valence-corrected chi connectivity index (χ2v) is 8.74. The Morgan fingerprint density at radius 3 is 2.63 bits per heavy atom. The predicted octanol–water partition coefficient (Wildman–Crippen LogP) is 5.58. The molecule has 0 radical (unpaired) electrons. The van der Waals surface area contributed by atoms with Gasteiger partial charge in [0.15, 0.2) is 0 Å². The number of aliphatic carboxylic acids is 1. The number of carboxylic acids is 1. The fourth-order valence-electron chi connectivity index (χ4n) is 4.33. The van der Waals surface area contributed by atoms with Gasteiger partial charge in [-0.2, -0.15) is 0 Å². The summed E-state index contributed by atoms with van der Waals surface area (Å²) in [5.74, 6) is -0.876. The lowest BCUT2D eigenvalue weighted by Crippen LogP contribution is -2.29. The maximum atomic E-state index is 13.6. The Kier molecular flexibility index (Phi) is 5.77. The lowest BCUT2D eigenvalue weighted by Gasteiger charge is -2.16. The molecule has 0 fully saturated rings. The first kappa shape index (κ1) is 20.4. The van der Waals surface area contributed by atoms with Crippen LogP contribution in [0.25, 0.3) is 21.1 Å². The Labute approximate surface area is 179 Å². The van der Waals surface area contributed by atoms with Gasteiger partial charge in [-0.25, -0.2) is 4.79 Å². The normalized spacial score (nSPS) is 12.6. The van der Waals surface area contributed by atoms with Crippen molar-refractivity contribution in [3.63, 3.8) is 0 Å². The number of hydrogen-bond acceptors (Lipinski definition) is 3. The van der Waals surface area contributed by atoms with Crippen molar-refractivity contribution < 1.29 is 9.90 Å². The van der Waals surface area contributed by atoms with Crippen LogP contribution in [0.1, 0.15) is 49.8 Å². The Bertz CT molecular complexity index is 1260. The summed E-state index contributed by atoms with van der Waals surface area (Å²) in [6, 6.07) is 13.6. The number of para-hydroxylation sites is 2. The summed E-state index contributed by atoms with van der Waals surface area (Å²) in [5.41, 5.74) is 3.85. The van der Waals surface area contributed by atoms with Crippen LogP contribution in [0.2, 0.25) is 0 Å². The molecular weight excluding hydrogens is 396 g/mol. The molecular formula is C24H26N2O3S. The van der Waals surface area contributed by atoms with Crippen LogP contribution in [0.3, 0.4) is 0 Å². The first-order chi connectivity index (χ1) is 14.5. The van der Waals surface area contributed by atoms with Gasteiger partial charge in [0.05, 0.1) is 24.0 Å². The van der Waals surface area contributed by atoms with E-state index < -0.39 is 5.97 Å². The number of aryl methyl sites for hydroxylation is 1. The smallest absolute Gasteiger partial charge is 0.329 e. The summed E-state index contributed by atoms with van der Waals surface area (Å²) in [5, 5.41) is 12.8. The number of unbranched alkanes of at least 4 members (excludes halogenated alkanes) is 1. The fraction of sp³-hybridized carbons (Fsp3) is 0.333. The Morgan fingerprint density at radius 2 is 1.90 bits per heavy atom. The maximum Gasteiger partial charge on any atom is 0.329 e. The lowest BCUT2D eigenvalue weighted by atomic mass is 10.1. The van der Waals surface area contributed by atoms with E-state index in [4.69, 9.17) is 0 Å². The highest BCUT2D eigenvalue weighted by Gasteiger charge is 2.23. The molecule has 0 aliphatic heterocycles. The largest absolute Gasteiger partial charge is 0.481 e. The zero-order chi connectivity index (χ0) is 21.3. The predicted molar refractivity (Wildman–Crippen MR) is 123 cm³/mol. The molecule has 0 aliphatic rings. The Balaban J connectivity index is 1.86. The van der Waals surface area contributed by atoms with Crippen molar-refractivity contribution in [2.45, 2.75) is 52.1 Å². The molecule has 0 saturated heterocycles. The number of aromatic nitrogens is 2. The highest BCUT2D eigenvalue weighted by atomic mass is 32.1. The molecule has 1 atom stereocenters. The molecule has 156 valence electrons. The average Bonchev–Trinajstić information content (AvgIpc) is 3.26. The van der Waals surface area contributed by atoms with Gasteiger partial charge < -0.3 is 5.11 Å². The van der Waals surface area contributed by atoms with Crippen molar-refractivity contribution in [2.24, 2.45) is 0 Å². The summed E-state index contributed by atoms with van der Waals surface area (Å²) in [6.07, 6.45) is 2.48. The first-order valence-electron chi connectivity index (χ1n) is 10.4. The summed E-state index contributed by atoms with van der Waals surface area (Å²) in [6.45, 7) is 4.65. The number of rotatable bonds is 8. The molecule has 2 heterocycles. The molecule has 0 bridgehead atoms. The molecule has 0 saturated carbocycles. The van der Waals surface area contributed by atoms with Gasteiger partial charge in [-0.1, -0.05) is 44.0 Å². The van der Waals surface area contributed by atoms with E-state index in [-0.39, 0.29) is 18.2 Å². The molecule has 6 heteroatoms. The molecule has 2 aromatic heterocycles. The second-order valence-electron chi connectivity index (χ2n) is 7.83. The van der Waals surface area contributed by atoms with Gasteiger partial charge in [0.2, 0.25) is 0 Å². The fourth-order valence-corrected chi connectivity index (χ4v) is 5.36. The van der Waals surface area contributed by atoms with Gasteiger partial charge in [-0.3, -0.25) is 13.9 Å². The number of hydrogen-bond donors (Lipinski definition) is 1. The lowest BCUT2D eigenvalue weighted by molar-refractivity contribution is -0.137. The standard InChI is InChI=1S/C24H26N2O3S/c1-3-4-9-18(13-22(27)28)26-20-11-6-5-10-19(20)25(24(26)29)14-17-15-30-21-12-7-8-16(2)23(17)21/h5-8,10-12,15,18H,3-4,9,13-14H2,1-2H3,(H,27,28). The second kappa shape index (κ2) is 8.48. The third-order valence-corrected chi connectivity index (χ3v) is 6.74. The van der Waals surface area contributed by atoms with Crippen LogP contribution in [-0.4, -0.2) is 20.2 Å². The molecule has 0 aliphatic carbocycles. The third-order valence-electron chi connectivity index (χ3n) is 5.75. The molecule has 30 heavy (non-hydrogen) atoms. The van der Waals surface area contributed by atoms with E-state index >= 15 is 0 Å². The van der Waals surface area contributed by atoms with E-state index in [0.717, 1.165) is 29.4 Å². The van der Waals surface area contributed by atoms with Crippen LogP contribution in [-0.2, 0) is 11.3 Å². The van der Waals surface area contributed by atoms with E-state index in [1.54, 1.807) is 20.5 Å². The van der Waals surface area contributed by atoms with Gasteiger partial charge in [0, 0.05) is 16.1 Å². The zero-order valence-electron chi connectivity index (χ0n) is 17.3. The molecule has 2 aromatic carbocycles. The molecule has 1 unspecified atom stereocenters. The van der Waals surface area contributed by atoms with Gasteiger partial charge in [0.1, 0.15) is 0 Å². The van der Waals surface area contributed by atoms with Gasteiger partial charge in [0.25, 0.3) is 0 Å². The third kappa shape index (κ3) is 3.67. The number of nitrogens with zero attached hydrogens (tertiary/aromatic N) is 2. The number of imidazole rings is 1. The van der Waals surface area contributed by atoms with E-state index in [9.17, 15) is 14.7 Å². The minimum absolute atomic E-state index is 0.0472. The maximum absolute atomic E-state index is 13.6. The average molecular weight is 423 g/mol. The van der Waals surface area contributed by atoms with E-state index in [0.29, 0.717) is 13.0 Å². The number of fused-ring (bicyclic) bond motifs is 2. The highest BCUT2D eigenvalue weighted by molar-refractivity contribution is 7.17. The van der Waals surface area contributed by atoms with Crippen molar-refractivity contribution in [2.75, 3.05) is 0 Å². The summed E-state index contributed by atoms with van der Waals surface area (Å²) >= 11 is 1.69. The number of carboxylic acid groups (broad SMARTS) is 1. The minimum Gasteiger partial charge on any atom is -0.481 e. The molecule has 0 spiro atoms. The van der Waals surface area contributed by atoms with E-state index in [1.165, 1.54) is 15.6 Å². The Morgan fingerprint density at radius 1 is 1.13 bits per heavy atom. The minimum atomic E-state index is -0.876.